The number of hydrogen-bond donors (Lipinski definition) is 1. The van der Waals surface area contributed by atoms with Gasteiger partial charge in [0.15, 0.2) is 0 Å². The van der Waals surface area contributed by atoms with E-state index in [-0.39, 0.29) is 5.04 Å². The lowest BCUT2D eigenvalue weighted by molar-refractivity contribution is -0.0257. The lowest BCUT2D eigenvalue weighted by Gasteiger charge is -2.43. The molecule has 13 heteroatoms. The highest BCUT2D eigenvalue weighted by atomic mass is 28.4. The molecule has 0 bridgehead atoms. The molecular weight excluding hydrogens is 723 g/mol. The summed E-state index contributed by atoms with van der Waals surface area (Å²) >= 11 is 0. The molecule has 55 heavy (non-hydrogen) atoms. The Morgan fingerprint density at radius 2 is 0.673 bits per heavy atom. The van der Waals surface area contributed by atoms with Crippen LogP contribution in [0.25, 0.3) is 0 Å². The summed E-state index contributed by atoms with van der Waals surface area (Å²) in [5.74, 6) is 0.668. The highest BCUT2D eigenvalue weighted by molar-refractivity contribution is 6.99. The van der Waals surface area contributed by atoms with Crippen molar-refractivity contribution >= 4 is 24.4 Å². The van der Waals surface area contributed by atoms with E-state index < -0.39 is 8.32 Å². The van der Waals surface area contributed by atoms with Crippen LogP contribution in [0.15, 0.2) is 84.9 Å². The zero-order valence-corrected chi connectivity index (χ0v) is 34.3. The largest absolute Gasteiger partial charge is 0.489 e. The zero-order valence-electron chi connectivity index (χ0n) is 33.3. The van der Waals surface area contributed by atoms with Crippen molar-refractivity contribution in [1.29, 1.82) is 0 Å². The molecule has 0 aliphatic carbocycles. The number of para-hydroxylation sites is 2. The van der Waals surface area contributed by atoms with Crippen LogP contribution in [0.2, 0.25) is 5.04 Å². The van der Waals surface area contributed by atoms with Crippen LogP contribution in [0.3, 0.4) is 0 Å². The summed E-state index contributed by atoms with van der Waals surface area (Å²) in [6.07, 6.45) is 0. The van der Waals surface area contributed by atoms with Crippen LogP contribution < -0.4 is 20.8 Å². The zero-order chi connectivity index (χ0) is 39.1. The summed E-state index contributed by atoms with van der Waals surface area (Å²) < 4.78 is 62.6. The SMILES string of the molecule is CC(C)(C)[Si](OCCOCCOCCOCCOCCOCCOCCOCCOCCOCCOc1ccccc1N)(c1ccccc1)c1ccccc1. The van der Waals surface area contributed by atoms with E-state index in [0.29, 0.717) is 144 Å². The Morgan fingerprint density at radius 1 is 0.382 bits per heavy atom. The van der Waals surface area contributed by atoms with Crippen molar-refractivity contribution in [1.82, 2.24) is 0 Å². The fourth-order valence-electron chi connectivity index (χ4n) is 5.70. The van der Waals surface area contributed by atoms with Gasteiger partial charge in [-0.25, -0.2) is 0 Å². The summed E-state index contributed by atoms with van der Waals surface area (Å²) in [5, 5.41) is 2.47. The van der Waals surface area contributed by atoms with Gasteiger partial charge in [0.05, 0.1) is 131 Å². The quantitative estimate of drug-likeness (QED) is 0.0525. The Bertz CT molecular complexity index is 1290. The molecule has 0 radical (unpaired) electrons. The minimum absolute atomic E-state index is 0.0580. The number of nitrogens with two attached hydrogens (primary N) is 1. The molecule has 0 atom stereocenters. The van der Waals surface area contributed by atoms with Gasteiger partial charge in [0, 0.05) is 0 Å². The number of nitrogen functional groups attached to an aromatic ring is 1. The molecule has 0 saturated heterocycles. The molecule has 3 rings (SSSR count). The number of benzene rings is 3. The van der Waals surface area contributed by atoms with Gasteiger partial charge in [0.25, 0.3) is 8.32 Å². The second-order valence-corrected chi connectivity index (χ2v) is 17.7. The fraction of sp³-hybridized carbons (Fsp3) is 0.571. The van der Waals surface area contributed by atoms with E-state index in [1.54, 1.807) is 6.07 Å². The molecule has 2 N–H and O–H groups in total. The second-order valence-electron chi connectivity index (χ2n) is 13.4. The smallest absolute Gasteiger partial charge is 0.261 e. The van der Waals surface area contributed by atoms with E-state index in [4.69, 9.17) is 57.5 Å². The average Bonchev–Trinajstić information content (AvgIpc) is 3.19. The van der Waals surface area contributed by atoms with Gasteiger partial charge < -0.3 is 57.5 Å². The number of rotatable bonds is 34. The van der Waals surface area contributed by atoms with Crippen LogP contribution in [-0.4, -0.2) is 140 Å². The first-order valence-electron chi connectivity index (χ1n) is 19.4. The van der Waals surface area contributed by atoms with E-state index in [0.717, 1.165) is 0 Å². The third kappa shape index (κ3) is 19.2. The van der Waals surface area contributed by atoms with Gasteiger partial charge in [-0.15, -0.1) is 0 Å². The van der Waals surface area contributed by atoms with Crippen molar-refractivity contribution in [3.05, 3.63) is 84.9 Å². The average molecular weight is 788 g/mol. The second kappa shape index (κ2) is 29.3. The molecule has 0 fully saturated rings. The molecule has 12 nitrogen and oxygen atoms in total. The third-order valence-electron chi connectivity index (χ3n) is 8.34. The number of anilines is 1. The Kier molecular flexibility index (Phi) is 24.8. The molecule has 3 aromatic rings. The maximum atomic E-state index is 6.85. The van der Waals surface area contributed by atoms with Crippen LogP contribution in [0.1, 0.15) is 20.8 Å². The molecule has 0 aliphatic heterocycles. The predicted molar refractivity (Wildman–Crippen MR) is 217 cm³/mol. The van der Waals surface area contributed by atoms with Gasteiger partial charge in [-0.3, -0.25) is 0 Å². The van der Waals surface area contributed by atoms with Gasteiger partial charge in [0.1, 0.15) is 12.4 Å². The van der Waals surface area contributed by atoms with Crippen LogP contribution in [-0.2, 0) is 47.1 Å². The first-order valence-corrected chi connectivity index (χ1v) is 21.3. The Hall–Kier alpha value is -2.92. The highest BCUT2D eigenvalue weighted by Gasteiger charge is 2.50. The lowest BCUT2D eigenvalue weighted by Crippen LogP contribution is -2.66. The summed E-state index contributed by atoms with van der Waals surface area (Å²) in [6.45, 7) is 16.8. The van der Waals surface area contributed by atoms with Crippen LogP contribution in [0.5, 0.6) is 5.75 Å². The lowest BCUT2D eigenvalue weighted by atomic mass is 10.2. The van der Waals surface area contributed by atoms with Crippen molar-refractivity contribution < 1.29 is 51.8 Å². The van der Waals surface area contributed by atoms with E-state index in [9.17, 15) is 0 Å². The van der Waals surface area contributed by atoms with Crippen molar-refractivity contribution in [3.8, 4) is 5.75 Å². The van der Waals surface area contributed by atoms with Gasteiger partial charge in [-0.2, -0.15) is 0 Å². The van der Waals surface area contributed by atoms with E-state index in [2.05, 4.69) is 81.4 Å². The van der Waals surface area contributed by atoms with Gasteiger partial charge in [0.2, 0.25) is 0 Å². The molecule has 0 heterocycles. The first kappa shape index (κ1) is 46.5. The maximum absolute atomic E-state index is 6.85. The molecule has 308 valence electrons. The maximum Gasteiger partial charge on any atom is 0.261 e. The topological polar surface area (TPSA) is 128 Å². The number of hydrogen-bond acceptors (Lipinski definition) is 12. The Morgan fingerprint density at radius 3 is 1.00 bits per heavy atom. The normalized spacial score (nSPS) is 12.0. The standard InChI is InChI=1S/C42H65NO11Si/c1-42(2,3)55(38-12-6-4-7-13-38,39-14-8-5-9-15-39)54-37-35-52-33-31-50-29-27-48-25-23-46-21-19-44-18-20-45-22-24-47-26-28-49-30-32-51-34-36-53-41-17-11-10-16-40(41)43/h4-17H,18-37,43H2,1-3H3. The van der Waals surface area contributed by atoms with Crippen molar-refractivity contribution in [2.24, 2.45) is 0 Å². The summed E-state index contributed by atoms with van der Waals surface area (Å²) in [5.41, 5.74) is 6.45. The van der Waals surface area contributed by atoms with Crippen molar-refractivity contribution in [2.45, 2.75) is 25.8 Å². The third-order valence-corrected chi connectivity index (χ3v) is 13.4. The molecule has 0 aromatic heterocycles. The first-order chi connectivity index (χ1) is 26.9. The molecule has 0 spiro atoms. The minimum Gasteiger partial charge on any atom is -0.489 e. The monoisotopic (exact) mass is 787 g/mol. The Balaban J connectivity index is 1.02. The summed E-state index contributed by atoms with van der Waals surface area (Å²) in [6, 6.07) is 28.7. The Labute approximate surface area is 329 Å². The van der Waals surface area contributed by atoms with E-state index >= 15 is 0 Å². The fourth-order valence-corrected chi connectivity index (χ4v) is 10.2. The van der Waals surface area contributed by atoms with Crippen molar-refractivity contribution in [2.75, 3.05) is 138 Å². The molecule has 0 amide bonds. The van der Waals surface area contributed by atoms with Gasteiger partial charge in [-0.05, 0) is 27.5 Å². The van der Waals surface area contributed by atoms with Gasteiger partial charge in [-0.1, -0.05) is 93.6 Å². The van der Waals surface area contributed by atoms with Crippen LogP contribution in [0.4, 0.5) is 5.69 Å². The van der Waals surface area contributed by atoms with Crippen LogP contribution in [0, 0.1) is 0 Å². The molecule has 0 unspecified atom stereocenters. The summed E-state index contributed by atoms with van der Waals surface area (Å²) in [7, 11) is -2.54. The van der Waals surface area contributed by atoms with Crippen molar-refractivity contribution in [3.63, 3.8) is 0 Å². The molecule has 0 aliphatic rings. The molecule has 0 saturated carbocycles. The van der Waals surface area contributed by atoms with Gasteiger partial charge >= 0.3 is 0 Å². The molecule has 3 aromatic carbocycles. The minimum atomic E-state index is -2.54. The predicted octanol–water partition coefficient (Wildman–Crippen LogP) is 4.37. The highest BCUT2D eigenvalue weighted by Crippen LogP contribution is 2.36. The van der Waals surface area contributed by atoms with Crippen LogP contribution >= 0.6 is 0 Å². The molecular formula is C42H65NO11Si. The van der Waals surface area contributed by atoms with E-state index in [1.165, 1.54) is 10.4 Å². The number of ether oxygens (including phenoxy) is 10. The summed E-state index contributed by atoms with van der Waals surface area (Å²) in [4.78, 5) is 0. The van der Waals surface area contributed by atoms with E-state index in [1.807, 2.05) is 18.2 Å².